The van der Waals surface area contributed by atoms with Gasteiger partial charge < -0.3 is 9.90 Å². The largest absolute Gasteiger partial charge is 0.550 e. The van der Waals surface area contributed by atoms with E-state index in [9.17, 15) is 9.90 Å². The van der Waals surface area contributed by atoms with E-state index in [0.29, 0.717) is 0 Å². The van der Waals surface area contributed by atoms with Crippen LogP contribution in [0.1, 0.15) is 29.5 Å². The van der Waals surface area contributed by atoms with Crippen molar-refractivity contribution in [3.8, 4) is 0 Å². The highest BCUT2D eigenvalue weighted by molar-refractivity contribution is 5.73. The minimum atomic E-state index is -0.988. The fourth-order valence-corrected chi connectivity index (χ4v) is 2.06. The quantitative estimate of drug-likeness (QED) is 0.726. The number of hydrogen-bond donors (Lipinski definition) is 0. The second-order valence-corrected chi connectivity index (χ2v) is 4.00. The minimum Gasteiger partial charge on any atom is -0.550 e. The average molecular weight is 201 g/mol. The molecule has 0 atom stereocenters. The van der Waals surface area contributed by atoms with Gasteiger partial charge >= 0.3 is 0 Å². The topological polar surface area (TPSA) is 40.1 Å². The second-order valence-electron chi connectivity index (χ2n) is 4.00. The first-order valence-electron chi connectivity index (χ1n) is 5.14. The zero-order valence-corrected chi connectivity index (χ0v) is 8.75. The van der Waals surface area contributed by atoms with Crippen molar-refractivity contribution in [3.63, 3.8) is 0 Å². The summed E-state index contributed by atoms with van der Waals surface area (Å²) >= 11 is 0. The van der Waals surface area contributed by atoms with Gasteiger partial charge in [0, 0.05) is 12.4 Å². The Morgan fingerprint density at radius 1 is 1.40 bits per heavy atom. The van der Waals surface area contributed by atoms with Crippen molar-refractivity contribution in [3.05, 3.63) is 40.5 Å². The first-order valence-corrected chi connectivity index (χ1v) is 5.14. The van der Waals surface area contributed by atoms with Gasteiger partial charge in [-0.3, -0.25) is 0 Å². The van der Waals surface area contributed by atoms with Gasteiger partial charge in [0.05, 0.1) is 0 Å². The summed E-state index contributed by atoms with van der Waals surface area (Å²) in [6.07, 6.45) is 3.85. The Hall–Kier alpha value is -1.57. The van der Waals surface area contributed by atoms with E-state index in [-0.39, 0.29) is 6.42 Å². The van der Waals surface area contributed by atoms with Crippen LogP contribution in [0.15, 0.2) is 23.8 Å². The number of rotatable bonds is 2. The molecule has 1 aliphatic carbocycles. The molecule has 0 spiro atoms. The summed E-state index contributed by atoms with van der Waals surface area (Å²) in [5.41, 5.74) is 4.69. The molecule has 0 saturated carbocycles. The minimum absolute atomic E-state index is 0.0633. The second kappa shape index (κ2) is 3.89. The summed E-state index contributed by atoms with van der Waals surface area (Å²) in [4.78, 5) is 10.5. The molecule has 2 nitrogen and oxygen atoms in total. The fraction of sp³-hybridized carbons (Fsp3) is 0.308. The predicted molar refractivity (Wildman–Crippen MR) is 57.1 cm³/mol. The molecule has 0 fully saturated rings. The number of carbonyl (C=O) groups excluding carboxylic acids is 1. The van der Waals surface area contributed by atoms with Crippen LogP contribution in [0.4, 0.5) is 0 Å². The van der Waals surface area contributed by atoms with Gasteiger partial charge in [-0.25, -0.2) is 0 Å². The fourth-order valence-electron chi connectivity index (χ4n) is 2.06. The first kappa shape index (κ1) is 9.97. The average Bonchev–Trinajstić information content (AvgIpc) is 2.18. The zero-order chi connectivity index (χ0) is 10.8. The Morgan fingerprint density at radius 2 is 2.20 bits per heavy atom. The molecule has 0 aromatic heterocycles. The number of aliphatic carboxylic acids is 1. The van der Waals surface area contributed by atoms with E-state index < -0.39 is 5.97 Å². The zero-order valence-electron chi connectivity index (χ0n) is 8.75. The van der Waals surface area contributed by atoms with Crippen LogP contribution in [0, 0.1) is 6.92 Å². The normalized spacial score (nSPS) is 14.3. The van der Waals surface area contributed by atoms with Gasteiger partial charge in [-0.1, -0.05) is 29.8 Å². The van der Waals surface area contributed by atoms with E-state index in [1.54, 1.807) is 0 Å². The Morgan fingerprint density at radius 3 is 2.93 bits per heavy atom. The van der Waals surface area contributed by atoms with E-state index in [4.69, 9.17) is 0 Å². The molecule has 0 N–H and O–H groups in total. The summed E-state index contributed by atoms with van der Waals surface area (Å²) in [5.74, 6) is -0.988. The van der Waals surface area contributed by atoms with Gasteiger partial charge in [0.1, 0.15) is 0 Å². The van der Waals surface area contributed by atoms with Crippen LogP contribution in [0.3, 0.4) is 0 Å². The first-order chi connectivity index (χ1) is 7.16. The van der Waals surface area contributed by atoms with Crippen molar-refractivity contribution in [2.45, 2.75) is 26.2 Å². The van der Waals surface area contributed by atoms with Crippen molar-refractivity contribution >= 4 is 12.0 Å². The molecule has 0 amide bonds. The van der Waals surface area contributed by atoms with Crippen LogP contribution in [0.5, 0.6) is 0 Å². The standard InChI is InChI=1S/C13H14O2/c1-9-3-2-4-11-6-5-10(7-12(9)11)8-13(14)15/h2-4,7H,5-6,8H2,1H3,(H,14,15)/p-1. The third-order valence-corrected chi connectivity index (χ3v) is 2.85. The summed E-state index contributed by atoms with van der Waals surface area (Å²) in [6, 6.07) is 6.21. The van der Waals surface area contributed by atoms with E-state index in [2.05, 4.69) is 19.1 Å². The molecular weight excluding hydrogens is 188 g/mol. The molecule has 1 aromatic carbocycles. The number of carboxylic acid groups (broad SMARTS) is 1. The third kappa shape index (κ3) is 2.09. The summed E-state index contributed by atoms with van der Waals surface area (Å²) in [6.45, 7) is 2.05. The van der Waals surface area contributed by atoms with Crippen molar-refractivity contribution in [1.29, 1.82) is 0 Å². The smallest absolute Gasteiger partial charge is 0.0454 e. The number of benzene rings is 1. The lowest BCUT2D eigenvalue weighted by atomic mass is 9.88. The summed E-state index contributed by atoms with van der Waals surface area (Å²) in [7, 11) is 0. The number of carbonyl (C=O) groups is 1. The monoisotopic (exact) mass is 201 g/mol. The van der Waals surface area contributed by atoms with E-state index in [1.165, 1.54) is 16.7 Å². The highest BCUT2D eigenvalue weighted by Crippen LogP contribution is 2.27. The molecule has 15 heavy (non-hydrogen) atoms. The van der Waals surface area contributed by atoms with Crippen molar-refractivity contribution in [2.24, 2.45) is 0 Å². The maximum Gasteiger partial charge on any atom is 0.0454 e. The van der Waals surface area contributed by atoms with Crippen molar-refractivity contribution in [2.75, 3.05) is 0 Å². The van der Waals surface area contributed by atoms with Gasteiger partial charge in [-0.2, -0.15) is 0 Å². The molecule has 0 heterocycles. The Balaban J connectivity index is 2.35. The molecule has 0 radical (unpaired) electrons. The summed E-state index contributed by atoms with van der Waals surface area (Å²) in [5, 5.41) is 10.5. The van der Waals surface area contributed by atoms with Gasteiger partial charge in [-0.15, -0.1) is 0 Å². The van der Waals surface area contributed by atoms with Crippen LogP contribution in [0.25, 0.3) is 6.08 Å². The van der Waals surface area contributed by atoms with Crippen molar-refractivity contribution < 1.29 is 9.90 Å². The highest BCUT2D eigenvalue weighted by atomic mass is 16.4. The molecule has 0 unspecified atom stereocenters. The number of aryl methyl sites for hydroxylation is 2. The lowest BCUT2D eigenvalue weighted by Crippen LogP contribution is -2.22. The number of carboxylic acids is 1. The lowest BCUT2D eigenvalue weighted by Gasteiger charge is -2.18. The lowest BCUT2D eigenvalue weighted by molar-refractivity contribution is -0.304. The molecule has 0 saturated heterocycles. The molecule has 2 rings (SSSR count). The highest BCUT2D eigenvalue weighted by Gasteiger charge is 2.11. The van der Waals surface area contributed by atoms with Gasteiger partial charge in [0.15, 0.2) is 0 Å². The molecule has 0 bridgehead atoms. The molecule has 1 aliphatic rings. The molecule has 0 aliphatic heterocycles. The van der Waals surface area contributed by atoms with Gasteiger partial charge in [0.25, 0.3) is 0 Å². The molecule has 78 valence electrons. The van der Waals surface area contributed by atoms with Gasteiger partial charge in [0.2, 0.25) is 0 Å². The van der Waals surface area contributed by atoms with Crippen LogP contribution in [-0.4, -0.2) is 5.97 Å². The van der Waals surface area contributed by atoms with Gasteiger partial charge in [-0.05, 0) is 36.5 Å². The Labute approximate surface area is 89.2 Å². The Bertz CT molecular complexity index is 430. The molecular formula is C13H13O2-. The maximum absolute atomic E-state index is 10.5. The van der Waals surface area contributed by atoms with E-state index in [1.807, 2.05) is 12.1 Å². The Kier molecular flexibility index (Phi) is 2.58. The predicted octanol–water partition coefficient (Wildman–Crippen LogP) is 1.46. The third-order valence-electron chi connectivity index (χ3n) is 2.85. The number of hydrogen-bond acceptors (Lipinski definition) is 2. The molecule has 1 aromatic rings. The van der Waals surface area contributed by atoms with E-state index >= 15 is 0 Å². The van der Waals surface area contributed by atoms with E-state index in [0.717, 1.165) is 18.4 Å². The SMILES string of the molecule is Cc1cccc2c1C=C(CC(=O)[O-])CC2. The van der Waals surface area contributed by atoms with Crippen LogP contribution in [-0.2, 0) is 11.2 Å². The van der Waals surface area contributed by atoms with Crippen LogP contribution in [0.2, 0.25) is 0 Å². The van der Waals surface area contributed by atoms with Crippen molar-refractivity contribution in [1.82, 2.24) is 0 Å². The number of fused-ring (bicyclic) bond motifs is 1. The van der Waals surface area contributed by atoms with Crippen LogP contribution < -0.4 is 5.11 Å². The van der Waals surface area contributed by atoms with Crippen LogP contribution >= 0.6 is 0 Å². The molecule has 2 heteroatoms. The maximum atomic E-state index is 10.5. The summed E-state index contributed by atoms with van der Waals surface area (Å²) < 4.78 is 0.